The summed E-state index contributed by atoms with van der Waals surface area (Å²) in [5, 5.41) is 11.9. The summed E-state index contributed by atoms with van der Waals surface area (Å²) >= 11 is 2.75. The Morgan fingerprint density at radius 2 is 1.24 bits per heavy atom. The Kier molecular flexibility index (Phi) is 12.7. The number of nitrogens with one attached hydrogen (secondary N) is 4. The number of ketones is 2. The zero-order valence-corrected chi connectivity index (χ0v) is 31.0. The van der Waals surface area contributed by atoms with Crippen molar-refractivity contribution in [3.05, 3.63) is 89.8 Å². The lowest BCUT2D eigenvalue weighted by Gasteiger charge is -2.20. The van der Waals surface area contributed by atoms with Crippen molar-refractivity contribution in [3.63, 3.8) is 0 Å². The maximum absolute atomic E-state index is 12.0. The second-order valence-corrected chi connectivity index (χ2v) is 14.5. The predicted molar refractivity (Wildman–Crippen MR) is 201 cm³/mol. The summed E-state index contributed by atoms with van der Waals surface area (Å²) in [6.45, 7) is 12.8. The van der Waals surface area contributed by atoms with Crippen molar-refractivity contribution in [3.8, 4) is 20.9 Å². The number of thiazole rings is 2. The Bertz CT molecular complexity index is 2010. The molecule has 5 rings (SSSR count). The standard InChI is InChI=1S/C20H26N4O3S.C16H14N4O2S/c1-12-17(15-8-6-14(7-9-15)13(2)25)28-19(22-12)23-18(27)21-11-10-16(26)24-20(3,4)5;1-10-14(13-5-3-12(4-6-13)11(2)21)23-15(18-10)19-16(22)20-8-7-17-9-20/h6-9H,10-11H2,1-5H3,(H,24,26)(H2,21,22,23,27);3-9H,1-2H3,(H,18,19,22). The minimum atomic E-state index is -0.407. The van der Waals surface area contributed by atoms with E-state index >= 15 is 0 Å². The van der Waals surface area contributed by atoms with Gasteiger partial charge in [0.25, 0.3) is 0 Å². The van der Waals surface area contributed by atoms with Gasteiger partial charge in [-0.25, -0.2) is 24.5 Å². The fourth-order valence-electron chi connectivity index (χ4n) is 4.59. The van der Waals surface area contributed by atoms with Gasteiger partial charge in [-0.15, -0.1) is 0 Å². The number of aromatic nitrogens is 4. The van der Waals surface area contributed by atoms with Gasteiger partial charge in [0, 0.05) is 42.0 Å². The van der Waals surface area contributed by atoms with Crippen LogP contribution in [0.5, 0.6) is 0 Å². The zero-order valence-electron chi connectivity index (χ0n) is 29.4. The summed E-state index contributed by atoms with van der Waals surface area (Å²) in [5.74, 6) is -0.0668. The fraction of sp³-hybridized carbons (Fsp3) is 0.278. The Morgan fingerprint density at radius 1 is 0.745 bits per heavy atom. The number of amides is 4. The van der Waals surface area contributed by atoms with E-state index in [1.54, 1.807) is 30.5 Å². The Labute approximate surface area is 304 Å². The molecule has 0 aliphatic rings. The van der Waals surface area contributed by atoms with Gasteiger partial charge in [-0.1, -0.05) is 71.2 Å². The van der Waals surface area contributed by atoms with Crippen molar-refractivity contribution in [1.82, 2.24) is 30.2 Å². The van der Waals surface area contributed by atoms with Gasteiger partial charge in [-0.3, -0.25) is 29.6 Å². The molecule has 0 bridgehead atoms. The first-order valence-electron chi connectivity index (χ1n) is 15.9. The van der Waals surface area contributed by atoms with Gasteiger partial charge in [-0.2, -0.15) is 0 Å². The first-order chi connectivity index (χ1) is 24.1. The van der Waals surface area contributed by atoms with Crippen LogP contribution in [-0.2, 0) is 4.79 Å². The number of rotatable bonds is 9. The van der Waals surface area contributed by atoms with Crippen LogP contribution >= 0.6 is 22.7 Å². The van der Waals surface area contributed by atoms with Crippen LogP contribution in [0.15, 0.2) is 67.3 Å². The van der Waals surface area contributed by atoms with E-state index in [-0.39, 0.29) is 42.0 Å². The largest absolute Gasteiger partial charge is 0.351 e. The molecule has 266 valence electrons. The van der Waals surface area contributed by atoms with E-state index in [1.165, 1.54) is 53.6 Å². The molecule has 0 aliphatic carbocycles. The van der Waals surface area contributed by atoms with Crippen LogP contribution < -0.4 is 21.3 Å². The van der Waals surface area contributed by atoms with E-state index in [0.29, 0.717) is 21.4 Å². The van der Waals surface area contributed by atoms with Crippen molar-refractivity contribution < 1.29 is 24.0 Å². The number of nitrogens with zero attached hydrogens (tertiary/aromatic N) is 4. The molecule has 13 nitrogen and oxygen atoms in total. The molecule has 0 fully saturated rings. The molecule has 5 aromatic rings. The van der Waals surface area contributed by atoms with Gasteiger partial charge >= 0.3 is 12.1 Å². The Balaban J connectivity index is 0.000000233. The lowest BCUT2D eigenvalue weighted by molar-refractivity contribution is -0.122. The molecule has 0 atom stereocenters. The molecule has 0 aliphatic heterocycles. The first-order valence-corrected chi connectivity index (χ1v) is 17.6. The minimum absolute atomic E-state index is 0.0165. The van der Waals surface area contributed by atoms with Gasteiger partial charge in [0.15, 0.2) is 21.8 Å². The van der Waals surface area contributed by atoms with Crippen molar-refractivity contribution >= 4 is 62.5 Å². The van der Waals surface area contributed by atoms with E-state index < -0.39 is 6.03 Å². The van der Waals surface area contributed by atoms with Crippen LogP contribution in [0.3, 0.4) is 0 Å². The predicted octanol–water partition coefficient (Wildman–Crippen LogP) is 7.35. The molecule has 3 heterocycles. The molecule has 0 spiro atoms. The molecule has 0 saturated heterocycles. The van der Waals surface area contributed by atoms with Crippen molar-refractivity contribution in [2.24, 2.45) is 0 Å². The molecule has 3 aromatic heterocycles. The normalized spacial score (nSPS) is 10.8. The summed E-state index contributed by atoms with van der Waals surface area (Å²) in [4.78, 5) is 73.0. The molecule has 4 amide bonds. The maximum atomic E-state index is 12.0. The highest BCUT2D eigenvalue weighted by atomic mass is 32.1. The second-order valence-electron chi connectivity index (χ2n) is 12.5. The monoisotopic (exact) mass is 728 g/mol. The first kappa shape index (κ1) is 38.3. The number of urea groups is 1. The van der Waals surface area contributed by atoms with E-state index in [4.69, 9.17) is 0 Å². The second kappa shape index (κ2) is 16.9. The van der Waals surface area contributed by atoms with Crippen LogP contribution in [0, 0.1) is 13.8 Å². The van der Waals surface area contributed by atoms with Crippen LogP contribution in [0.1, 0.15) is 73.1 Å². The van der Waals surface area contributed by atoms with Crippen LogP contribution in [0.4, 0.5) is 19.9 Å². The number of imidazole rings is 1. The molecule has 0 saturated carbocycles. The number of hydrogen-bond acceptors (Lipinski definition) is 10. The summed E-state index contributed by atoms with van der Waals surface area (Å²) in [6, 6.07) is 13.9. The topological polar surface area (TPSA) is 177 Å². The van der Waals surface area contributed by atoms with Crippen molar-refractivity contribution in [1.29, 1.82) is 0 Å². The number of anilines is 2. The van der Waals surface area contributed by atoms with Gasteiger partial charge in [0.1, 0.15) is 6.33 Å². The summed E-state index contributed by atoms with van der Waals surface area (Å²) < 4.78 is 1.35. The lowest BCUT2D eigenvalue weighted by atomic mass is 10.1. The van der Waals surface area contributed by atoms with E-state index in [2.05, 4.69) is 36.2 Å². The summed E-state index contributed by atoms with van der Waals surface area (Å²) in [6.07, 6.45) is 4.73. The number of aryl methyl sites for hydroxylation is 2. The Morgan fingerprint density at radius 3 is 1.67 bits per heavy atom. The van der Waals surface area contributed by atoms with E-state index in [1.807, 2.05) is 58.9 Å². The van der Waals surface area contributed by atoms with Crippen molar-refractivity contribution in [2.75, 3.05) is 17.2 Å². The van der Waals surface area contributed by atoms with Gasteiger partial charge in [0.05, 0.1) is 21.1 Å². The van der Waals surface area contributed by atoms with Crippen LogP contribution in [0.2, 0.25) is 0 Å². The highest BCUT2D eigenvalue weighted by Crippen LogP contribution is 2.34. The average molecular weight is 729 g/mol. The van der Waals surface area contributed by atoms with Crippen LogP contribution in [0.25, 0.3) is 20.9 Å². The Hall–Kier alpha value is -5.54. The number of carbonyl (C=O) groups is 5. The minimum Gasteiger partial charge on any atom is -0.351 e. The van der Waals surface area contributed by atoms with E-state index in [0.717, 1.165) is 32.3 Å². The molecule has 51 heavy (non-hydrogen) atoms. The van der Waals surface area contributed by atoms with E-state index in [9.17, 15) is 24.0 Å². The third-order valence-electron chi connectivity index (χ3n) is 7.03. The third-order valence-corrected chi connectivity index (χ3v) is 9.27. The fourth-order valence-corrected chi connectivity index (χ4v) is 6.52. The smallest absolute Gasteiger partial charge is 0.333 e. The number of Topliss-reactive ketones (excluding diaryl/α,β-unsaturated/α-hetero) is 2. The third kappa shape index (κ3) is 11.2. The molecular weight excluding hydrogens is 689 g/mol. The lowest BCUT2D eigenvalue weighted by Crippen LogP contribution is -2.42. The number of benzene rings is 2. The number of carbonyl (C=O) groups excluding carboxylic acids is 5. The highest BCUT2D eigenvalue weighted by Gasteiger charge is 2.16. The zero-order chi connectivity index (χ0) is 37.3. The highest BCUT2D eigenvalue weighted by molar-refractivity contribution is 7.19. The molecule has 2 aromatic carbocycles. The van der Waals surface area contributed by atoms with Gasteiger partial charge in [-0.05, 0) is 59.6 Å². The van der Waals surface area contributed by atoms with Gasteiger partial charge in [0.2, 0.25) is 5.91 Å². The summed E-state index contributed by atoms with van der Waals surface area (Å²) in [7, 11) is 0. The molecule has 15 heteroatoms. The summed E-state index contributed by atoms with van der Waals surface area (Å²) in [5.41, 5.74) is 4.55. The molecular formula is C36H40N8O5S2. The number of hydrogen-bond donors (Lipinski definition) is 4. The van der Waals surface area contributed by atoms with Gasteiger partial charge < -0.3 is 10.6 Å². The van der Waals surface area contributed by atoms with Crippen molar-refractivity contribution in [2.45, 2.75) is 60.4 Å². The van der Waals surface area contributed by atoms with Crippen LogP contribution in [-0.4, -0.2) is 61.1 Å². The molecule has 0 radical (unpaired) electrons. The SMILES string of the molecule is CC(=O)c1ccc(-c2sc(NC(=O)NCCC(=O)NC(C)(C)C)nc2C)cc1.CC(=O)c1ccc(-c2sc(NC(=O)n3ccnc3)nc2C)cc1. The quantitative estimate of drug-likeness (QED) is 0.114. The molecule has 4 N–H and O–H groups in total. The molecule has 0 unspecified atom stereocenters. The average Bonchev–Trinajstić information content (AvgIpc) is 3.81. The maximum Gasteiger partial charge on any atom is 0.333 e.